The molecule has 1 aromatic rings. The molecule has 0 heterocycles. The van der Waals surface area contributed by atoms with E-state index in [2.05, 4.69) is 21.2 Å². The normalized spacial score (nSPS) is 17.8. The molecule has 1 aromatic carbocycles. The highest BCUT2D eigenvalue weighted by Gasteiger charge is 2.13. The largest absolute Gasteiger partial charge is 0.382 e. The summed E-state index contributed by atoms with van der Waals surface area (Å²) in [6.07, 6.45) is 7.77. The molecule has 2 rings (SSSR count). The molecule has 1 aliphatic rings. The van der Waals surface area contributed by atoms with Crippen molar-refractivity contribution in [2.24, 2.45) is 0 Å². The molecule has 1 N–H and O–H groups in total. The molecule has 0 unspecified atom stereocenters. The van der Waals surface area contributed by atoms with Crippen LogP contribution in [0, 0.1) is 12.7 Å². The van der Waals surface area contributed by atoms with E-state index in [0.29, 0.717) is 10.5 Å². The van der Waals surface area contributed by atoms with Crippen LogP contribution in [0.2, 0.25) is 0 Å². The summed E-state index contributed by atoms with van der Waals surface area (Å²) in [5, 5.41) is 3.56. The SMILES string of the molecule is Cc1cc(F)c(Br)cc1NC1CCCCCC1. The Morgan fingerprint density at radius 2 is 1.82 bits per heavy atom. The van der Waals surface area contributed by atoms with E-state index in [1.807, 2.05) is 13.0 Å². The molecule has 0 radical (unpaired) electrons. The third kappa shape index (κ3) is 3.44. The maximum Gasteiger partial charge on any atom is 0.137 e. The number of hydrogen-bond acceptors (Lipinski definition) is 1. The predicted molar refractivity (Wildman–Crippen MR) is 73.9 cm³/mol. The highest BCUT2D eigenvalue weighted by atomic mass is 79.9. The van der Waals surface area contributed by atoms with E-state index in [0.717, 1.165) is 11.3 Å². The lowest BCUT2D eigenvalue weighted by Gasteiger charge is -2.19. The van der Waals surface area contributed by atoms with Crippen molar-refractivity contribution >= 4 is 21.6 Å². The molecular formula is C14H19BrFN. The van der Waals surface area contributed by atoms with Gasteiger partial charge in [-0.05, 0) is 53.4 Å². The zero-order valence-electron chi connectivity index (χ0n) is 10.2. The number of halogens is 2. The highest BCUT2D eigenvalue weighted by molar-refractivity contribution is 9.10. The van der Waals surface area contributed by atoms with Crippen molar-refractivity contribution in [3.8, 4) is 0 Å². The Morgan fingerprint density at radius 1 is 1.18 bits per heavy atom. The molecule has 0 amide bonds. The molecule has 1 aliphatic carbocycles. The van der Waals surface area contributed by atoms with Crippen LogP contribution in [0.3, 0.4) is 0 Å². The summed E-state index contributed by atoms with van der Waals surface area (Å²) in [6.45, 7) is 1.95. The van der Waals surface area contributed by atoms with E-state index in [-0.39, 0.29) is 5.82 Å². The third-order valence-corrected chi connectivity index (χ3v) is 4.09. The van der Waals surface area contributed by atoms with E-state index in [4.69, 9.17) is 0 Å². The van der Waals surface area contributed by atoms with Gasteiger partial charge in [0.15, 0.2) is 0 Å². The van der Waals surface area contributed by atoms with Crippen LogP contribution < -0.4 is 5.32 Å². The van der Waals surface area contributed by atoms with Gasteiger partial charge in [0.2, 0.25) is 0 Å². The second-order valence-electron chi connectivity index (χ2n) is 4.91. The summed E-state index contributed by atoms with van der Waals surface area (Å²) in [4.78, 5) is 0. The van der Waals surface area contributed by atoms with Crippen LogP contribution >= 0.6 is 15.9 Å². The highest BCUT2D eigenvalue weighted by Crippen LogP contribution is 2.27. The van der Waals surface area contributed by atoms with Crippen molar-refractivity contribution in [2.75, 3.05) is 5.32 Å². The van der Waals surface area contributed by atoms with Crippen LogP contribution in [0.5, 0.6) is 0 Å². The summed E-state index contributed by atoms with van der Waals surface area (Å²) in [5.41, 5.74) is 2.04. The van der Waals surface area contributed by atoms with Crippen molar-refractivity contribution in [3.63, 3.8) is 0 Å². The fraction of sp³-hybridized carbons (Fsp3) is 0.571. The van der Waals surface area contributed by atoms with Crippen molar-refractivity contribution in [3.05, 3.63) is 28.0 Å². The number of benzene rings is 1. The molecule has 94 valence electrons. The number of nitrogens with one attached hydrogen (secondary N) is 1. The van der Waals surface area contributed by atoms with Gasteiger partial charge in [-0.3, -0.25) is 0 Å². The molecule has 0 spiro atoms. The first-order valence-electron chi connectivity index (χ1n) is 6.39. The van der Waals surface area contributed by atoms with Gasteiger partial charge in [0, 0.05) is 11.7 Å². The molecule has 0 bridgehead atoms. The Hall–Kier alpha value is -0.570. The van der Waals surface area contributed by atoms with Gasteiger partial charge in [-0.15, -0.1) is 0 Å². The van der Waals surface area contributed by atoms with Gasteiger partial charge in [-0.25, -0.2) is 4.39 Å². The summed E-state index contributed by atoms with van der Waals surface area (Å²) in [7, 11) is 0. The zero-order chi connectivity index (χ0) is 12.3. The quantitative estimate of drug-likeness (QED) is 0.755. The number of anilines is 1. The van der Waals surface area contributed by atoms with Crippen LogP contribution in [0.4, 0.5) is 10.1 Å². The van der Waals surface area contributed by atoms with E-state index in [9.17, 15) is 4.39 Å². The smallest absolute Gasteiger partial charge is 0.137 e. The van der Waals surface area contributed by atoms with E-state index < -0.39 is 0 Å². The van der Waals surface area contributed by atoms with Crippen molar-refractivity contribution in [1.29, 1.82) is 0 Å². The number of aryl methyl sites for hydroxylation is 1. The average molecular weight is 300 g/mol. The lowest BCUT2D eigenvalue weighted by molar-refractivity contribution is 0.612. The molecule has 0 atom stereocenters. The second-order valence-corrected chi connectivity index (χ2v) is 5.77. The Morgan fingerprint density at radius 3 is 2.47 bits per heavy atom. The van der Waals surface area contributed by atoms with E-state index in [1.54, 1.807) is 6.07 Å². The van der Waals surface area contributed by atoms with Crippen LogP contribution in [0.15, 0.2) is 16.6 Å². The molecule has 3 heteroatoms. The number of hydrogen-bond donors (Lipinski definition) is 1. The molecule has 1 saturated carbocycles. The summed E-state index contributed by atoms with van der Waals surface area (Å²) < 4.78 is 13.9. The van der Waals surface area contributed by atoms with Crippen LogP contribution in [0.1, 0.15) is 44.1 Å². The Balaban J connectivity index is 2.09. The van der Waals surface area contributed by atoms with Gasteiger partial charge in [-0.2, -0.15) is 0 Å². The van der Waals surface area contributed by atoms with Crippen molar-refractivity contribution in [1.82, 2.24) is 0 Å². The molecule has 0 saturated heterocycles. The van der Waals surface area contributed by atoms with Crippen LogP contribution in [-0.2, 0) is 0 Å². The summed E-state index contributed by atoms with van der Waals surface area (Å²) in [6, 6.07) is 3.99. The minimum absolute atomic E-state index is 0.186. The zero-order valence-corrected chi connectivity index (χ0v) is 11.8. The molecule has 17 heavy (non-hydrogen) atoms. The molecule has 0 aromatic heterocycles. The Labute approximate surface area is 111 Å². The topological polar surface area (TPSA) is 12.0 Å². The van der Waals surface area contributed by atoms with Crippen molar-refractivity contribution in [2.45, 2.75) is 51.5 Å². The average Bonchev–Trinajstić information content (AvgIpc) is 2.54. The molecule has 1 fully saturated rings. The maximum atomic E-state index is 13.3. The molecule has 0 aliphatic heterocycles. The van der Waals surface area contributed by atoms with Crippen LogP contribution in [0.25, 0.3) is 0 Å². The van der Waals surface area contributed by atoms with Gasteiger partial charge in [0.05, 0.1) is 4.47 Å². The lowest BCUT2D eigenvalue weighted by atomic mass is 10.1. The third-order valence-electron chi connectivity index (χ3n) is 3.48. The van der Waals surface area contributed by atoms with E-state index in [1.165, 1.54) is 38.5 Å². The maximum absolute atomic E-state index is 13.3. The summed E-state index contributed by atoms with van der Waals surface area (Å²) in [5.74, 6) is -0.186. The minimum atomic E-state index is -0.186. The first-order chi connectivity index (χ1) is 8.16. The van der Waals surface area contributed by atoms with Gasteiger partial charge in [0.25, 0.3) is 0 Å². The number of rotatable bonds is 2. The van der Waals surface area contributed by atoms with Crippen LogP contribution in [-0.4, -0.2) is 6.04 Å². The first kappa shape index (κ1) is 12.9. The molecular weight excluding hydrogens is 281 g/mol. The Kier molecular flexibility index (Phi) is 4.43. The van der Waals surface area contributed by atoms with Gasteiger partial charge >= 0.3 is 0 Å². The Bertz CT molecular complexity index is 384. The van der Waals surface area contributed by atoms with Crippen molar-refractivity contribution < 1.29 is 4.39 Å². The first-order valence-corrected chi connectivity index (χ1v) is 7.18. The standard InChI is InChI=1S/C14H19BrFN/c1-10-8-13(16)12(15)9-14(10)17-11-6-4-2-3-5-7-11/h8-9,11,17H,2-7H2,1H3. The van der Waals surface area contributed by atoms with Gasteiger partial charge in [0.1, 0.15) is 5.82 Å². The van der Waals surface area contributed by atoms with Gasteiger partial charge in [-0.1, -0.05) is 25.7 Å². The van der Waals surface area contributed by atoms with E-state index >= 15 is 0 Å². The second kappa shape index (κ2) is 5.85. The minimum Gasteiger partial charge on any atom is -0.382 e. The lowest BCUT2D eigenvalue weighted by Crippen LogP contribution is -2.18. The predicted octanol–water partition coefficient (Wildman–Crippen LogP) is 5.03. The molecule has 1 nitrogen and oxygen atoms in total. The summed E-state index contributed by atoms with van der Waals surface area (Å²) >= 11 is 3.25. The van der Waals surface area contributed by atoms with Gasteiger partial charge < -0.3 is 5.32 Å². The fourth-order valence-corrected chi connectivity index (χ4v) is 2.79. The fourth-order valence-electron chi connectivity index (χ4n) is 2.45. The monoisotopic (exact) mass is 299 g/mol.